The molecule has 1 aliphatic carbocycles. The zero-order valence-electron chi connectivity index (χ0n) is 13.9. The SMILES string of the molecule is CC(=O)Nc1cccc(NC(=O)C2(c3c[nH]c4ccccc34)CC2)c1. The fourth-order valence-corrected chi connectivity index (χ4v) is 3.34. The average molecular weight is 333 g/mol. The number of aromatic nitrogens is 1. The number of hydrogen-bond acceptors (Lipinski definition) is 2. The lowest BCUT2D eigenvalue weighted by Gasteiger charge is -2.15. The molecular weight excluding hydrogens is 314 g/mol. The van der Waals surface area contributed by atoms with Crippen molar-refractivity contribution < 1.29 is 9.59 Å². The largest absolute Gasteiger partial charge is 0.361 e. The molecule has 0 spiro atoms. The number of aromatic amines is 1. The highest BCUT2D eigenvalue weighted by atomic mass is 16.2. The number of nitrogens with one attached hydrogen (secondary N) is 3. The summed E-state index contributed by atoms with van der Waals surface area (Å²) in [6.45, 7) is 1.46. The van der Waals surface area contributed by atoms with Crippen LogP contribution in [0.25, 0.3) is 10.9 Å². The zero-order chi connectivity index (χ0) is 17.4. The van der Waals surface area contributed by atoms with E-state index < -0.39 is 5.41 Å². The summed E-state index contributed by atoms with van der Waals surface area (Å²) in [6.07, 6.45) is 3.63. The molecule has 5 nitrogen and oxygen atoms in total. The Labute approximate surface area is 145 Å². The van der Waals surface area contributed by atoms with Gasteiger partial charge in [0.05, 0.1) is 5.41 Å². The Morgan fingerprint density at radius 2 is 1.72 bits per heavy atom. The van der Waals surface area contributed by atoms with Crippen molar-refractivity contribution in [1.29, 1.82) is 0 Å². The second-order valence-corrected chi connectivity index (χ2v) is 6.55. The number of fused-ring (bicyclic) bond motifs is 1. The molecule has 1 saturated carbocycles. The van der Waals surface area contributed by atoms with Gasteiger partial charge in [0.2, 0.25) is 11.8 Å². The number of carbonyl (C=O) groups is 2. The van der Waals surface area contributed by atoms with Gasteiger partial charge in [0.25, 0.3) is 0 Å². The van der Waals surface area contributed by atoms with Crippen LogP contribution in [0.15, 0.2) is 54.7 Å². The molecule has 126 valence electrons. The summed E-state index contributed by atoms with van der Waals surface area (Å²) < 4.78 is 0. The first kappa shape index (κ1) is 15.4. The van der Waals surface area contributed by atoms with Crippen LogP contribution in [0.1, 0.15) is 25.3 Å². The van der Waals surface area contributed by atoms with Crippen molar-refractivity contribution in [2.45, 2.75) is 25.2 Å². The predicted octanol–water partition coefficient (Wildman–Crippen LogP) is 3.80. The summed E-state index contributed by atoms with van der Waals surface area (Å²) in [5, 5.41) is 6.84. The number of hydrogen-bond donors (Lipinski definition) is 3. The van der Waals surface area contributed by atoms with Crippen LogP contribution < -0.4 is 10.6 Å². The van der Waals surface area contributed by atoms with Gasteiger partial charge in [0.15, 0.2) is 0 Å². The summed E-state index contributed by atoms with van der Waals surface area (Å²) in [5.41, 5.74) is 2.98. The second-order valence-electron chi connectivity index (χ2n) is 6.55. The van der Waals surface area contributed by atoms with Crippen molar-refractivity contribution in [3.8, 4) is 0 Å². The predicted molar refractivity (Wildman–Crippen MR) is 98.6 cm³/mol. The van der Waals surface area contributed by atoms with Crippen molar-refractivity contribution in [2.24, 2.45) is 0 Å². The van der Waals surface area contributed by atoms with E-state index in [1.54, 1.807) is 12.1 Å². The van der Waals surface area contributed by atoms with E-state index in [0.29, 0.717) is 11.4 Å². The molecule has 0 aliphatic heterocycles. The molecular formula is C20H19N3O2. The highest BCUT2D eigenvalue weighted by molar-refractivity contribution is 6.05. The average Bonchev–Trinajstić information content (AvgIpc) is 3.28. The van der Waals surface area contributed by atoms with Crippen molar-refractivity contribution >= 4 is 34.1 Å². The van der Waals surface area contributed by atoms with Gasteiger partial charge in [-0.3, -0.25) is 9.59 Å². The number of carbonyl (C=O) groups excluding carboxylic acids is 2. The van der Waals surface area contributed by atoms with Gasteiger partial charge in [0.1, 0.15) is 0 Å². The fraction of sp³-hybridized carbons (Fsp3) is 0.200. The molecule has 0 saturated heterocycles. The van der Waals surface area contributed by atoms with Gasteiger partial charge in [-0.1, -0.05) is 24.3 Å². The highest BCUT2D eigenvalue weighted by Gasteiger charge is 2.52. The van der Waals surface area contributed by atoms with Crippen molar-refractivity contribution in [3.63, 3.8) is 0 Å². The Morgan fingerprint density at radius 1 is 1.00 bits per heavy atom. The minimum absolute atomic E-state index is 0.00257. The van der Waals surface area contributed by atoms with E-state index in [9.17, 15) is 9.59 Å². The topological polar surface area (TPSA) is 74.0 Å². The lowest BCUT2D eigenvalue weighted by Crippen LogP contribution is -2.27. The Bertz CT molecular complexity index is 970. The van der Waals surface area contributed by atoms with Crippen LogP contribution in [0, 0.1) is 0 Å². The molecule has 0 bridgehead atoms. The van der Waals surface area contributed by atoms with E-state index in [2.05, 4.69) is 15.6 Å². The zero-order valence-corrected chi connectivity index (χ0v) is 13.9. The molecule has 25 heavy (non-hydrogen) atoms. The molecule has 2 amide bonds. The number of benzene rings is 2. The maximum absolute atomic E-state index is 13.0. The molecule has 1 aromatic heterocycles. The Balaban J connectivity index is 1.60. The number of para-hydroxylation sites is 1. The van der Waals surface area contributed by atoms with E-state index in [-0.39, 0.29) is 11.8 Å². The van der Waals surface area contributed by atoms with Crippen LogP contribution in [-0.4, -0.2) is 16.8 Å². The summed E-state index contributed by atoms with van der Waals surface area (Å²) in [7, 11) is 0. The van der Waals surface area contributed by atoms with Gasteiger partial charge in [-0.15, -0.1) is 0 Å². The molecule has 3 aromatic rings. The van der Waals surface area contributed by atoms with Gasteiger partial charge >= 0.3 is 0 Å². The monoisotopic (exact) mass is 333 g/mol. The van der Waals surface area contributed by atoms with Gasteiger partial charge < -0.3 is 15.6 Å². The molecule has 4 rings (SSSR count). The first-order chi connectivity index (χ1) is 12.1. The van der Waals surface area contributed by atoms with E-state index >= 15 is 0 Å². The standard InChI is InChI=1S/C20H19N3O2/c1-13(24)22-14-5-4-6-15(11-14)23-19(25)20(9-10-20)17-12-21-18-8-3-2-7-16(17)18/h2-8,11-12,21H,9-10H2,1H3,(H,22,24)(H,23,25). The van der Waals surface area contributed by atoms with Crippen molar-refractivity contribution in [2.75, 3.05) is 10.6 Å². The van der Waals surface area contributed by atoms with Gasteiger partial charge in [-0.2, -0.15) is 0 Å². The van der Waals surface area contributed by atoms with Crippen LogP contribution >= 0.6 is 0 Å². The fourth-order valence-electron chi connectivity index (χ4n) is 3.34. The molecule has 0 atom stereocenters. The molecule has 1 heterocycles. The van der Waals surface area contributed by atoms with Crippen LogP contribution in [0.5, 0.6) is 0 Å². The maximum atomic E-state index is 13.0. The minimum atomic E-state index is -0.469. The number of rotatable bonds is 4. The maximum Gasteiger partial charge on any atom is 0.235 e. The molecule has 1 fully saturated rings. The van der Waals surface area contributed by atoms with Crippen LogP contribution in [0.2, 0.25) is 0 Å². The molecule has 2 aromatic carbocycles. The van der Waals surface area contributed by atoms with Gasteiger partial charge in [-0.25, -0.2) is 0 Å². The highest BCUT2D eigenvalue weighted by Crippen LogP contribution is 2.51. The lowest BCUT2D eigenvalue weighted by molar-refractivity contribution is -0.118. The second kappa shape index (κ2) is 5.77. The van der Waals surface area contributed by atoms with Crippen molar-refractivity contribution in [3.05, 3.63) is 60.3 Å². The summed E-state index contributed by atoms with van der Waals surface area (Å²) >= 11 is 0. The molecule has 5 heteroatoms. The smallest absolute Gasteiger partial charge is 0.235 e. The van der Waals surface area contributed by atoms with Crippen LogP contribution in [0.3, 0.4) is 0 Å². The normalized spacial score (nSPS) is 14.9. The first-order valence-electron chi connectivity index (χ1n) is 8.34. The lowest BCUT2D eigenvalue weighted by atomic mass is 9.94. The van der Waals surface area contributed by atoms with Crippen LogP contribution in [0.4, 0.5) is 11.4 Å². The Kier molecular flexibility index (Phi) is 3.57. The minimum Gasteiger partial charge on any atom is -0.361 e. The van der Waals surface area contributed by atoms with Gasteiger partial charge in [0, 0.05) is 35.4 Å². The third-order valence-electron chi connectivity index (χ3n) is 4.73. The summed E-state index contributed by atoms with van der Waals surface area (Å²) in [6, 6.07) is 15.2. The Hall–Kier alpha value is -3.08. The van der Waals surface area contributed by atoms with Crippen LogP contribution in [-0.2, 0) is 15.0 Å². The quantitative estimate of drug-likeness (QED) is 0.679. The van der Waals surface area contributed by atoms with E-state index in [1.807, 2.05) is 42.6 Å². The third kappa shape index (κ3) is 2.78. The number of H-pyrrole nitrogens is 1. The Morgan fingerprint density at radius 3 is 2.44 bits per heavy atom. The molecule has 1 aliphatic rings. The number of anilines is 2. The number of amides is 2. The third-order valence-corrected chi connectivity index (χ3v) is 4.73. The first-order valence-corrected chi connectivity index (χ1v) is 8.34. The molecule has 0 radical (unpaired) electrons. The van der Waals surface area contributed by atoms with Crippen molar-refractivity contribution in [1.82, 2.24) is 4.98 Å². The summed E-state index contributed by atoms with van der Waals surface area (Å²) in [4.78, 5) is 27.4. The molecule has 0 unspecified atom stereocenters. The van der Waals surface area contributed by atoms with E-state index in [0.717, 1.165) is 29.3 Å². The molecule has 3 N–H and O–H groups in total. The van der Waals surface area contributed by atoms with E-state index in [1.165, 1.54) is 6.92 Å². The van der Waals surface area contributed by atoms with E-state index in [4.69, 9.17) is 0 Å². The summed E-state index contributed by atoms with van der Waals surface area (Å²) in [5.74, 6) is -0.141. The van der Waals surface area contributed by atoms with Gasteiger partial charge in [-0.05, 0) is 42.7 Å².